The molecular formula is C15H19N3OS. The molecule has 0 bridgehead atoms. The number of rotatable bonds is 4. The van der Waals surface area contributed by atoms with Crippen molar-refractivity contribution in [3.05, 3.63) is 24.3 Å². The van der Waals surface area contributed by atoms with Gasteiger partial charge in [-0.15, -0.1) is 0 Å². The van der Waals surface area contributed by atoms with Gasteiger partial charge in [-0.05, 0) is 38.1 Å². The van der Waals surface area contributed by atoms with E-state index >= 15 is 0 Å². The molecule has 4 nitrogen and oxygen atoms in total. The van der Waals surface area contributed by atoms with Crippen LogP contribution in [0.5, 0.6) is 0 Å². The van der Waals surface area contributed by atoms with Gasteiger partial charge >= 0.3 is 0 Å². The summed E-state index contributed by atoms with van der Waals surface area (Å²) in [6.07, 6.45) is 2.56. The van der Waals surface area contributed by atoms with Crippen molar-refractivity contribution in [3.63, 3.8) is 0 Å². The number of hydrogen-bond donors (Lipinski definition) is 0. The summed E-state index contributed by atoms with van der Waals surface area (Å²) in [5.41, 5.74) is 0.972. The summed E-state index contributed by atoms with van der Waals surface area (Å²) in [5.74, 6) is 0.0725. The minimum Gasteiger partial charge on any atom is -0.302 e. The molecule has 1 aliphatic rings. The molecule has 1 fully saturated rings. The quantitative estimate of drug-likeness (QED) is 0.868. The Morgan fingerprint density at radius 2 is 2.10 bits per heavy atom. The van der Waals surface area contributed by atoms with E-state index in [4.69, 9.17) is 0 Å². The van der Waals surface area contributed by atoms with E-state index in [-0.39, 0.29) is 5.91 Å². The van der Waals surface area contributed by atoms with Crippen LogP contribution >= 0.6 is 11.3 Å². The number of fused-ring (bicyclic) bond motifs is 1. The predicted octanol–water partition coefficient (Wildman–Crippen LogP) is 2.75. The van der Waals surface area contributed by atoms with Gasteiger partial charge in [-0.2, -0.15) is 0 Å². The molecule has 0 saturated carbocycles. The van der Waals surface area contributed by atoms with E-state index in [1.807, 2.05) is 23.1 Å². The standard InChI is InChI=1S/C15H19N3OS/c1-12(19)18(11-10-17-8-4-5-9-17)15-16-13-6-2-3-7-14(13)20-15/h2-3,6-7H,4-5,8-11H2,1H3. The number of para-hydroxylation sites is 1. The molecule has 2 aromatic rings. The molecule has 0 N–H and O–H groups in total. The average Bonchev–Trinajstić information content (AvgIpc) is 3.06. The molecule has 1 aromatic carbocycles. The van der Waals surface area contributed by atoms with Crippen LogP contribution in [-0.2, 0) is 4.79 Å². The maximum Gasteiger partial charge on any atom is 0.225 e. The van der Waals surface area contributed by atoms with Gasteiger partial charge in [0.15, 0.2) is 5.13 Å². The lowest BCUT2D eigenvalue weighted by atomic mass is 10.3. The first-order valence-electron chi connectivity index (χ1n) is 7.10. The highest BCUT2D eigenvalue weighted by Crippen LogP contribution is 2.28. The van der Waals surface area contributed by atoms with Crippen molar-refractivity contribution in [1.29, 1.82) is 0 Å². The summed E-state index contributed by atoms with van der Waals surface area (Å²) in [6.45, 7) is 5.61. The molecule has 20 heavy (non-hydrogen) atoms. The third kappa shape index (κ3) is 2.83. The maximum atomic E-state index is 11.9. The number of hydrogen-bond acceptors (Lipinski definition) is 4. The predicted molar refractivity (Wildman–Crippen MR) is 83.3 cm³/mol. The van der Waals surface area contributed by atoms with Crippen molar-refractivity contribution in [3.8, 4) is 0 Å². The zero-order chi connectivity index (χ0) is 13.9. The summed E-state index contributed by atoms with van der Waals surface area (Å²) >= 11 is 1.59. The molecule has 1 aliphatic heterocycles. The van der Waals surface area contributed by atoms with Crippen molar-refractivity contribution in [2.45, 2.75) is 19.8 Å². The Labute approximate surface area is 123 Å². The largest absolute Gasteiger partial charge is 0.302 e. The molecule has 5 heteroatoms. The van der Waals surface area contributed by atoms with E-state index in [1.165, 1.54) is 12.8 Å². The van der Waals surface area contributed by atoms with Crippen molar-refractivity contribution >= 4 is 32.6 Å². The average molecular weight is 289 g/mol. The van der Waals surface area contributed by atoms with Crippen LogP contribution in [0.1, 0.15) is 19.8 Å². The SMILES string of the molecule is CC(=O)N(CCN1CCCC1)c1nc2ccccc2s1. The molecule has 0 aliphatic carbocycles. The Kier molecular flexibility index (Phi) is 3.98. The molecule has 3 rings (SSSR count). The first kappa shape index (κ1) is 13.5. The van der Waals surface area contributed by atoms with E-state index in [0.29, 0.717) is 0 Å². The first-order chi connectivity index (χ1) is 9.74. The van der Waals surface area contributed by atoms with Gasteiger partial charge < -0.3 is 4.90 Å². The van der Waals surface area contributed by atoms with Gasteiger partial charge in [0.05, 0.1) is 10.2 Å². The monoisotopic (exact) mass is 289 g/mol. The van der Waals surface area contributed by atoms with Crippen LogP contribution in [0.4, 0.5) is 5.13 Å². The topological polar surface area (TPSA) is 36.4 Å². The molecule has 0 unspecified atom stereocenters. The fraction of sp³-hybridized carbons (Fsp3) is 0.467. The highest BCUT2D eigenvalue weighted by molar-refractivity contribution is 7.22. The van der Waals surface area contributed by atoms with E-state index < -0.39 is 0 Å². The minimum atomic E-state index is 0.0725. The van der Waals surface area contributed by atoms with Crippen LogP contribution in [0.15, 0.2) is 24.3 Å². The Hall–Kier alpha value is -1.46. The molecule has 1 aromatic heterocycles. The Bertz CT molecular complexity index is 571. The van der Waals surface area contributed by atoms with Crippen LogP contribution in [0.25, 0.3) is 10.2 Å². The third-order valence-electron chi connectivity index (χ3n) is 3.73. The van der Waals surface area contributed by atoms with Gasteiger partial charge in [-0.3, -0.25) is 9.69 Å². The minimum absolute atomic E-state index is 0.0725. The molecule has 1 amide bonds. The maximum absolute atomic E-state index is 11.9. The van der Waals surface area contributed by atoms with Crippen molar-refractivity contribution in [2.24, 2.45) is 0 Å². The van der Waals surface area contributed by atoms with Gasteiger partial charge in [-0.1, -0.05) is 23.5 Å². The Morgan fingerprint density at radius 3 is 2.80 bits per heavy atom. The number of carbonyl (C=O) groups excluding carboxylic acids is 1. The highest BCUT2D eigenvalue weighted by atomic mass is 32.1. The molecule has 1 saturated heterocycles. The molecule has 0 spiro atoms. The fourth-order valence-corrected chi connectivity index (χ4v) is 3.65. The van der Waals surface area contributed by atoms with Gasteiger partial charge in [0, 0.05) is 20.0 Å². The number of nitrogens with zero attached hydrogens (tertiary/aromatic N) is 3. The summed E-state index contributed by atoms with van der Waals surface area (Å²) in [6, 6.07) is 8.03. The zero-order valence-corrected chi connectivity index (χ0v) is 12.5. The van der Waals surface area contributed by atoms with Crippen LogP contribution in [-0.4, -0.2) is 42.0 Å². The van der Waals surface area contributed by atoms with E-state index in [1.54, 1.807) is 18.3 Å². The normalized spacial score (nSPS) is 15.8. The Morgan fingerprint density at radius 1 is 1.35 bits per heavy atom. The fourth-order valence-electron chi connectivity index (χ4n) is 2.61. The smallest absolute Gasteiger partial charge is 0.225 e. The summed E-state index contributed by atoms with van der Waals surface area (Å²) in [5, 5.41) is 0.817. The summed E-state index contributed by atoms with van der Waals surface area (Å²) < 4.78 is 1.13. The lowest BCUT2D eigenvalue weighted by Gasteiger charge is -2.21. The number of aromatic nitrogens is 1. The van der Waals surface area contributed by atoms with E-state index in [9.17, 15) is 4.79 Å². The Balaban J connectivity index is 1.76. The van der Waals surface area contributed by atoms with Crippen LogP contribution < -0.4 is 4.90 Å². The number of amides is 1. The van der Waals surface area contributed by atoms with Gasteiger partial charge in [0.2, 0.25) is 5.91 Å². The van der Waals surface area contributed by atoms with Gasteiger partial charge in [0.25, 0.3) is 0 Å². The summed E-state index contributed by atoms with van der Waals surface area (Å²) in [7, 11) is 0. The van der Waals surface area contributed by atoms with Crippen LogP contribution in [0, 0.1) is 0 Å². The number of carbonyl (C=O) groups is 1. The van der Waals surface area contributed by atoms with Crippen molar-refractivity contribution in [1.82, 2.24) is 9.88 Å². The highest BCUT2D eigenvalue weighted by Gasteiger charge is 2.18. The number of thiazole rings is 1. The van der Waals surface area contributed by atoms with Crippen LogP contribution in [0.2, 0.25) is 0 Å². The molecule has 0 atom stereocenters. The van der Waals surface area contributed by atoms with E-state index in [2.05, 4.69) is 16.0 Å². The first-order valence-corrected chi connectivity index (χ1v) is 7.92. The second-order valence-electron chi connectivity index (χ2n) is 5.18. The number of anilines is 1. The molecule has 2 heterocycles. The second kappa shape index (κ2) is 5.89. The molecular weight excluding hydrogens is 270 g/mol. The zero-order valence-electron chi connectivity index (χ0n) is 11.7. The van der Waals surface area contributed by atoms with Crippen LogP contribution in [0.3, 0.4) is 0 Å². The van der Waals surface area contributed by atoms with Crippen molar-refractivity contribution in [2.75, 3.05) is 31.1 Å². The summed E-state index contributed by atoms with van der Waals surface area (Å²) in [4.78, 5) is 20.7. The number of likely N-dealkylation sites (tertiary alicyclic amines) is 1. The third-order valence-corrected chi connectivity index (χ3v) is 4.79. The van der Waals surface area contributed by atoms with E-state index in [0.717, 1.165) is 41.5 Å². The lowest BCUT2D eigenvalue weighted by molar-refractivity contribution is -0.116. The van der Waals surface area contributed by atoms with Crippen molar-refractivity contribution < 1.29 is 4.79 Å². The molecule has 0 radical (unpaired) electrons. The van der Waals surface area contributed by atoms with Gasteiger partial charge in [-0.25, -0.2) is 4.98 Å². The van der Waals surface area contributed by atoms with Gasteiger partial charge in [0.1, 0.15) is 0 Å². The number of benzene rings is 1. The molecule has 106 valence electrons. The second-order valence-corrected chi connectivity index (χ2v) is 6.19. The lowest BCUT2D eigenvalue weighted by Crippen LogP contribution is -2.36.